The Morgan fingerprint density at radius 1 is 1.05 bits per heavy atom. The maximum atomic E-state index is 8.49. The summed E-state index contributed by atoms with van der Waals surface area (Å²) in [5, 5.41) is 0. The van der Waals surface area contributed by atoms with Crippen LogP contribution in [-0.2, 0) is 0 Å². The highest BCUT2D eigenvalue weighted by Gasteiger charge is 2.18. The van der Waals surface area contributed by atoms with Crippen molar-refractivity contribution in [3.8, 4) is 11.3 Å². The average molecular weight is 342 g/mol. The predicted octanol–water partition coefficient (Wildman–Crippen LogP) is -2.20. The Morgan fingerprint density at radius 3 is 2.23 bits per heavy atom. The van der Waals surface area contributed by atoms with Crippen molar-refractivity contribution >= 4 is 17.2 Å². The van der Waals surface area contributed by atoms with Crippen LogP contribution in [0, 0.1) is 24.1 Å². The molecule has 3 aromatic rings. The molecule has 1 aromatic carbocycles. The normalized spacial score (nSPS) is 11.2. The summed E-state index contributed by atoms with van der Waals surface area (Å²) in [6, 6.07) is 12.3. The van der Waals surface area contributed by atoms with Crippen molar-refractivity contribution < 1.29 is 33.4 Å². The van der Waals surface area contributed by atoms with Crippen molar-refractivity contribution in [1.29, 1.82) is 0 Å². The fraction of sp³-hybridized carbons (Fsp3) is 0.154. The van der Waals surface area contributed by atoms with Gasteiger partial charge in [-0.2, -0.15) is 0 Å². The first-order valence-electron chi connectivity index (χ1n) is 6.09. The summed E-state index contributed by atoms with van der Waals surface area (Å²) in [7, 11) is -4.94. The Labute approximate surface area is 132 Å². The van der Waals surface area contributed by atoms with Crippen LogP contribution in [0.1, 0.15) is 10.6 Å². The second-order valence-electron chi connectivity index (χ2n) is 4.39. The summed E-state index contributed by atoms with van der Waals surface area (Å²) in [4.78, 5) is 5.82. The molecule has 3 rings (SSSR count). The van der Waals surface area contributed by atoms with Gasteiger partial charge in [0.15, 0.2) is 5.69 Å². The summed E-state index contributed by atoms with van der Waals surface area (Å²) in [6.45, 7) is 4.11. The van der Waals surface area contributed by atoms with Gasteiger partial charge in [-0.25, -0.2) is 18.6 Å². The zero-order valence-electron chi connectivity index (χ0n) is 11.7. The molecule has 0 N–H and O–H groups in total. The van der Waals surface area contributed by atoms with E-state index >= 15 is 0 Å². The lowest BCUT2D eigenvalue weighted by Crippen LogP contribution is -2.68. The summed E-state index contributed by atoms with van der Waals surface area (Å²) < 4.78 is 40.2. The molecule has 2 heterocycles. The fourth-order valence-corrected chi connectivity index (χ4v) is 2.47. The molecular weight excluding hydrogens is 330 g/mol. The van der Waals surface area contributed by atoms with E-state index in [2.05, 4.69) is 34.6 Å². The first-order chi connectivity index (χ1) is 10.3. The molecule has 0 unspecified atom stereocenters. The lowest BCUT2D eigenvalue weighted by Gasteiger charge is -2.17. The van der Waals surface area contributed by atoms with Gasteiger partial charge in [0, 0.05) is 30.1 Å². The summed E-state index contributed by atoms with van der Waals surface area (Å²) in [5.74, 6) is 0. The number of fused-ring (bicyclic) bond motifs is 1. The van der Waals surface area contributed by atoms with Gasteiger partial charge in [-0.3, -0.25) is 0 Å². The van der Waals surface area contributed by atoms with E-state index in [9.17, 15) is 0 Å². The van der Waals surface area contributed by atoms with Gasteiger partial charge in [-0.05, 0) is 16.4 Å². The molecular formula is C13H12ClN3O4S. The van der Waals surface area contributed by atoms with Crippen LogP contribution in [0.4, 0.5) is 0 Å². The van der Waals surface area contributed by atoms with Gasteiger partial charge >= 0.3 is 5.65 Å². The van der Waals surface area contributed by atoms with Crippen molar-refractivity contribution in [2.45, 2.75) is 13.8 Å². The lowest BCUT2D eigenvalue weighted by molar-refractivity contribution is -2.00. The SMILES string of the molecule is Cc1sn[n+]2c(C)cc(-c3ccccc3)nc12.[O-][Cl+3]([O-])([O-])[O-]. The van der Waals surface area contributed by atoms with E-state index in [1.807, 2.05) is 29.6 Å². The number of benzene rings is 1. The van der Waals surface area contributed by atoms with Crippen LogP contribution in [0.15, 0.2) is 36.4 Å². The van der Waals surface area contributed by atoms with Crippen LogP contribution >= 0.6 is 11.5 Å². The van der Waals surface area contributed by atoms with E-state index in [1.54, 1.807) is 0 Å². The van der Waals surface area contributed by atoms with Gasteiger partial charge < -0.3 is 0 Å². The van der Waals surface area contributed by atoms with Crippen LogP contribution in [0.3, 0.4) is 0 Å². The summed E-state index contributed by atoms with van der Waals surface area (Å²) in [6.07, 6.45) is 0. The molecule has 0 amide bonds. The third-order valence-corrected chi connectivity index (χ3v) is 3.45. The molecule has 0 aliphatic heterocycles. The number of nitrogens with zero attached hydrogens (tertiary/aromatic N) is 3. The van der Waals surface area contributed by atoms with Crippen LogP contribution in [0.2, 0.25) is 0 Å². The van der Waals surface area contributed by atoms with Crippen molar-refractivity contribution in [3.63, 3.8) is 0 Å². The molecule has 116 valence electrons. The highest BCUT2D eigenvalue weighted by atomic mass is 35.7. The monoisotopic (exact) mass is 341 g/mol. The van der Waals surface area contributed by atoms with Gasteiger partial charge in [0.2, 0.25) is 0 Å². The number of halogens is 1. The predicted molar refractivity (Wildman–Crippen MR) is 68.0 cm³/mol. The zero-order valence-corrected chi connectivity index (χ0v) is 13.3. The van der Waals surface area contributed by atoms with Gasteiger partial charge in [0.25, 0.3) is 0 Å². The Hall–Kier alpha value is -1.68. The van der Waals surface area contributed by atoms with Crippen molar-refractivity contribution in [2.75, 3.05) is 0 Å². The topological polar surface area (TPSA) is 122 Å². The van der Waals surface area contributed by atoms with Gasteiger partial charge in [0.1, 0.15) is 10.6 Å². The molecule has 0 aliphatic rings. The molecule has 0 atom stereocenters. The average Bonchev–Trinajstić information content (AvgIpc) is 2.80. The van der Waals surface area contributed by atoms with Crippen molar-refractivity contribution in [1.82, 2.24) is 9.47 Å². The summed E-state index contributed by atoms with van der Waals surface area (Å²) in [5.41, 5.74) is 4.21. The number of hydrogen-bond donors (Lipinski definition) is 0. The second-order valence-corrected chi connectivity index (χ2v) is 6.11. The Bertz CT molecular complexity index is 768. The van der Waals surface area contributed by atoms with Gasteiger partial charge in [0.05, 0.1) is 0 Å². The highest BCUT2D eigenvalue weighted by Crippen LogP contribution is 2.18. The first kappa shape index (κ1) is 16.7. The largest absolute Gasteiger partial charge is 0.364 e. The fourth-order valence-electron chi connectivity index (χ4n) is 1.85. The number of hydrogen-bond acceptors (Lipinski definition) is 7. The van der Waals surface area contributed by atoms with Crippen molar-refractivity contribution in [3.05, 3.63) is 47.0 Å². The van der Waals surface area contributed by atoms with Crippen LogP contribution in [-0.4, -0.2) is 9.47 Å². The standard InChI is InChI=1S/C13H12N3S.ClHO4/c1-9-8-12(11-6-4-3-5-7-11)14-13-10(2)17-15-16(9)13;2-1(3,4)5/h3-8H,1-2H3;(H,2,3,4,5)/q+1;/p-1. The van der Waals surface area contributed by atoms with Gasteiger partial charge in [-0.15, -0.1) is 10.2 Å². The zero-order chi connectivity index (χ0) is 16.3. The van der Waals surface area contributed by atoms with E-state index in [0.717, 1.165) is 27.5 Å². The van der Waals surface area contributed by atoms with E-state index in [-0.39, 0.29) is 0 Å². The molecule has 0 fully saturated rings. The van der Waals surface area contributed by atoms with E-state index < -0.39 is 10.2 Å². The Kier molecular flexibility index (Phi) is 5.01. The smallest absolute Gasteiger partial charge is 0.222 e. The number of aromatic nitrogens is 3. The molecule has 22 heavy (non-hydrogen) atoms. The molecule has 0 radical (unpaired) electrons. The molecule has 0 spiro atoms. The summed E-state index contributed by atoms with van der Waals surface area (Å²) >= 11 is 1.49. The molecule has 0 aliphatic carbocycles. The molecule has 0 saturated carbocycles. The molecule has 0 bridgehead atoms. The Balaban J connectivity index is 0.000000309. The molecule has 7 nitrogen and oxygen atoms in total. The molecule has 2 aromatic heterocycles. The number of rotatable bonds is 1. The quantitative estimate of drug-likeness (QED) is 0.463. The van der Waals surface area contributed by atoms with Crippen LogP contribution in [0.25, 0.3) is 16.9 Å². The first-order valence-corrected chi connectivity index (χ1v) is 8.09. The van der Waals surface area contributed by atoms with E-state index in [1.165, 1.54) is 11.5 Å². The maximum absolute atomic E-state index is 8.49. The Morgan fingerprint density at radius 2 is 1.64 bits per heavy atom. The molecule has 9 heteroatoms. The van der Waals surface area contributed by atoms with Crippen molar-refractivity contribution in [2.24, 2.45) is 0 Å². The van der Waals surface area contributed by atoms with Gasteiger partial charge in [-0.1, -0.05) is 34.8 Å². The van der Waals surface area contributed by atoms with Crippen LogP contribution < -0.4 is 23.2 Å². The van der Waals surface area contributed by atoms with E-state index in [4.69, 9.17) is 18.6 Å². The number of aryl methyl sites for hydroxylation is 2. The van der Waals surface area contributed by atoms with Crippen LogP contribution in [0.5, 0.6) is 0 Å². The molecule has 0 saturated heterocycles. The maximum Gasteiger partial charge on any atom is 0.364 e. The third kappa shape index (κ3) is 4.41. The lowest BCUT2D eigenvalue weighted by atomic mass is 10.1. The van der Waals surface area contributed by atoms with E-state index in [0.29, 0.717) is 0 Å². The minimum atomic E-state index is -4.94. The second kappa shape index (κ2) is 6.61. The third-order valence-electron chi connectivity index (χ3n) is 2.75. The highest BCUT2D eigenvalue weighted by molar-refractivity contribution is 7.05. The minimum absolute atomic E-state index is 0.953. The minimum Gasteiger partial charge on any atom is -0.222 e.